The van der Waals surface area contributed by atoms with Gasteiger partial charge in [0, 0.05) is 0 Å². The summed E-state index contributed by atoms with van der Waals surface area (Å²) in [5, 5.41) is 9.42. The number of imide groups is 1. The number of hydrogen-bond acceptors (Lipinski definition) is 4. The fraction of sp³-hybridized carbons (Fsp3) is 0.654. The van der Waals surface area contributed by atoms with E-state index in [0.29, 0.717) is 17.7 Å². The molecule has 1 saturated heterocycles. The van der Waals surface area contributed by atoms with Crippen LogP contribution in [0.15, 0.2) is 12.1 Å². The fourth-order valence-electron chi connectivity index (χ4n) is 4.27. The Hall–Kier alpha value is -1.64. The van der Waals surface area contributed by atoms with Crippen LogP contribution in [0.25, 0.3) is 0 Å². The summed E-state index contributed by atoms with van der Waals surface area (Å²) in [5.74, 6) is -1.57. The van der Waals surface area contributed by atoms with E-state index in [-0.39, 0.29) is 57.1 Å². The van der Waals surface area contributed by atoms with Crippen LogP contribution in [0.5, 0.6) is 0 Å². The van der Waals surface area contributed by atoms with E-state index in [9.17, 15) is 19.5 Å². The molecule has 186 valence electrons. The molecule has 33 heavy (non-hydrogen) atoms. The number of hydrogen-bond donors (Lipinski definition) is 2. The van der Waals surface area contributed by atoms with Gasteiger partial charge in [-0.1, -0.05) is 0 Å². The molecule has 0 saturated carbocycles. The summed E-state index contributed by atoms with van der Waals surface area (Å²) in [7, 11) is 0. The molecule has 0 radical (unpaired) electrons. The van der Waals surface area contributed by atoms with E-state index in [1.807, 2.05) is 0 Å². The van der Waals surface area contributed by atoms with Crippen LogP contribution in [0.1, 0.15) is 106 Å². The summed E-state index contributed by atoms with van der Waals surface area (Å²) < 4.78 is 2.45. The van der Waals surface area contributed by atoms with Crippen molar-refractivity contribution in [2.24, 2.45) is 0 Å². The molecule has 0 aliphatic carbocycles. The van der Waals surface area contributed by atoms with Crippen molar-refractivity contribution in [3.8, 4) is 0 Å². The summed E-state index contributed by atoms with van der Waals surface area (Å²) in [4.78, 5) is 37.2. The minimum atomic E-state index is -1.09. The zero-order chi connectivity index (χ0) is 24.1. The number of amides is 2. The van der Waals surface area contributed by atoms with E-state index in [2.05, 4.69) is 6.92 Å². The molecule has 2 amide bonds. The van der Waals surface area contributed by atoms with Gasteiger partial charge in [-0.3, -0.25) is 0 Å². The number of halogens is 1. The first-order valence-corrected chi connectivity index (χ1v) is 15.6. The topological polar surface area (TPSA) is 101 Å². The summed E-state index contributed by atoms with van der Waals surface area (Å²) in [6, 6.07) is 2.96. The Morgan fingerprint density at radius 1 is 0.909 bits per heavy atom. The van der Waals surface area contributed by atoms with Crippen LogP contribution in [0.3, 0.4) is 0 Å². The third-order valence-corrected chi connectivity index (χ3v) is 9.22. The number of carboxylic acid groups (broad SMARTS) is 1. The number of nitrogens with two attached hydrogens (primary N) is 1. The molecule has 1 heterocycles. The van der Waals surface area contributed by atoms with Crippen molar-refractivity contribution in [1.82, 2.24) is 0 Å². The van der Waals surface area contributed by atoms with Gasteiger partial charge in [-0.05, 0) is 0 Å². The average Bonchev–Trinajstić information content (AvgIpc) is 3.12. The van der Waals surface area contributed by atoms with Crippen molar-refractivity contribution >= 4 is 29.2 Å². The SMILES string of the molecule is CCCCCCCCCCCC[I-]CCCc1c(N2C(=O)CCC2=O)ccc(C(=O)O)c1N. The van der Waals surface area contributed by atoms with Crippen molar-refractivity contribution < 1.29 is 40.7 Å². The number of carbonyl (C=O) groups is 3. The van der Waals surface area contributed by atoms with Gasteiger partial charge in [0.15, 0.2) is 0 Å². The molecule has 1 aromatic rings. The Labute approximate surface area is 208 Å². The zero-order valence-corrected chi connectivity index (χ0v) is 22.2. The van der Waals surface area contributed by atoms with Crippen molar-refractivity contribution in [1.29, 1.82) is 0 Å². The molecule has 7 heteroatoms. The van der Waals surface area contributed by atoms with Gasteiger partial charge < -0.3 is 0 Å². The number of aromatic carboxylic acids is 1. The number of alkyl halides is 2. The zero-order valence-electron chi connectivity index (χ0n) is 20.0. The van der Waals surface area contributed by atoms with E-state index < -0.39 is 5.97 Å². The van der Waals surface area contributed by atoms with E-state index in [0.717, 1.165) is 10.8 Å². The van der Waals surface area contributed by atoms with E-state index in [4.69, 9.17) is 5.73 Å². The first-order valence-electron chi connectivity index (χ1n) is 12.5. The Morgan fingerprint density at radius 2 is 1.45 bits per heavy atom. The Kier molecular flexibility index (Phi) is 12.8. The van der Waals surface area contributed by atoms with Crippen LogP contribution in [0.4, 0.5) is 11.4 Å². The van der Waals surface area contributed by atoms with E-state index >= 15 is 0 Å². The van der Waals surface area contributed by atoms with Gasteiger partial charge in [-0.15, -0.1) is 0 Å². The Bertz CT molecular complexity index is 781. The summed E-state index contributed by atoms with van der Waals surface area (Å²) in [6.45, 7) is 2.26. The minimum absolute atomic E-state index is 0.0351. The van der Waals surface area contributed by atoms with Gasteiger partial charge in [-0.2, -0.15) is 0 Å². The van der Waals surface area contributed by atoms with Crippen molar-refractivity contribution in [3.05, 3.63) is 23.3 Å². The molecule has 1 aliphatic heterocycles. The normalized spacial score (nSPS) is 13.9. The predicted octanol–water partition coefficient (Wildman–Crippen LogP) is 2.56. The van der Waals surface area contributed by atoms with Crippen molar-refractivity contribution in [2.75, 3.05) is 19.5 Å². The van der Waals surface area contributed by atoms with Crippen molar-refractivity contribution in [2.45, 2.75) is 96.8 Å². The number of carbonyl (C=O) groups excluding carboxylic acids is 2. The summed E-state index contributed by atoms with van der Waals surface area (Å²) >= 11 is 0.116. The van der Waals surface area contributed by atoms with Crippen LogP contribution >= 0.6 is 0 Å². The molecule has 1 aromatic carbocycles. The summed E-state index contributed by atoms with van der Waals surface area (Å²) in [6.07, 6.45) is 15.5. The fourth-order valence-corrected chi connectivity index (χ4v) is 6.81. The number of unbranched alkanes of at least 4 members (excludes halogenated alkanes) is 9. The number of benzene rings is 1. The molecular formula is C26H40IN2O4-. The maximum absolute atomic E-state index is 12.2. The third-order valence-electron chi connectivity index (χ3n) is 6.17. The summed E-state index contributed by atoms with van der Waals surface area (Å²) in [5.41, 5.74) is 7.49. The standard InChI is InChI=1S/C26H40IN2O4/c1-2-3-4-5-6-7-8-9-10-11-18-27-19-12-13-20-22(29-23(30)16-17-24(29)31)15-14-21(25(20)28)26(32)33/h14-15H,2-13,16-19,28H2,1H3,(H,32,33)/q-1. The number of nitrogens with zero attached hydrogens (tertiary/aromatic N) is 1. The first kappa shape index (κ1) is 27.6. The molecule has 2 rings (SSSR count). The number of rotatable bonds is 17. The van der Waals surface area contributed by atoms with Crippen LogP contribution in [-0.2, 0) is 16.0 Å². The number of anilines is 2. The van der Waals surface area contributed by atoms with Gasteiger partial charge >= 0.3 is 209 Å². The molecule has 0 atom stereocenters. The maximum atomic E-state index is 12.2. The van der Waals surface area contributed by atoms with E-state index in [1.54, 1.807) is 6.07 Å². The van der Waals surface area contributed by atoms with Gasteiger partial charge in [0.1, 0.15) is 0 Å². The molecule has 1 fully saturated rings. The Morgan fingerprint density at radius 3 is 2.03 bits per heavy atom. The predicted molar refractivity (Wildman–Crippen MR) is 129 cm³/mol. The van der Waals surface area contributed by atoms with Gasteiger partial charge in [-0.25, -0.2) is 0 Å². The molecule has 0 bridgehead atoms. The van der Waals surface area contributed by atoms with Crippen LogP contribution in [0.2, 0.25) is 0 Å². The van der Waals surface area contributed by atoms with Crippen molar-refractivity contribution in [3.63, 3.8) is 0 Å². The first-order chi connectivity index (χ1) is 16.0. The van der Waals surface area contributed by atoms with Crippen LogP contribution < -0.4 is 31.8 Å². The molecule has 1 aliphatic rings. The number of nitrogen functional groups attached to an aromatic ring is 1. The second kappa shape index (κ2) is 15.3. The second-order valence-electron chi connectivity index (χ2n) is 8.80. The number of carboxylic acids is 1. The monoisotopic (exact) mass is 571 g/mol. The molecular weight excluding hydrogens is 531 g/mol. The van der Waals surface area contributed by atoms with Crippen LogP contribution in [-0.4, -0.2) is 31.7 Å². The molecule has 3 N–H and O–H groups in total. The van der Waals surface area contributed by atoms with E-state index in [1.165, 1.54) is 79.6 Å². The quantitative estimate of drug-likeness (QED) is 0.0985. The van der Waals surface area contributed by atoms with Gasteiger partial charge in [0.05, 0.1) is 0 Å². The molecule has 6 nitrogen and oxygen atoms in total. The average molecular weight is 572 g/mol. The third kappa shape index (κ3) is 8.91. The van der Waals surface area contributed by atoms with Gasteiger partial charge in [0.25, 0.3) is 0 Å². The van der Waals surface area contributed by atoms with Gasteiger partial charge in [0.2, 0.25) is 0 Å². The second-order valence-corrected chi connectivity index (χ2v) is 12.0. The Balaban J connectivity index is 1.73. The van der Waals surface area contributed by atoms with Crippen LogP contribution in [0, 0.1) is 0 Å². The molecule has 0 unspecified atom stereocenters. The molecule has 0 spiro atoms. The molecule has 0 aromatic heterocycles.